The molecule has 2 saturated heterocycles. The van der Waals surface area contributed by atoms with Crippen molar-refractivity contribution in [1.29, 1.82) is 0 Å². The highest BCUT2D eigenvalue weighted by Crippen LogP contribution is 2.23. The summed E-state index contributed by atoms with van der Waals surface area (Å²) in [5.41, 5.74) is 0. The number of nitrogens with zero attached hydrogens (tertiary/aromatic N) is 2. The van der Waals surface area contributed by atoms with Gasteiger partial charge in [-0.25, -0.2) is 0 Å². The molecule has 0 aromatic carbocycles. The van der Waals surface area contributed by atoms with Gasteiger partial charge in [0.15, 0.2) is 0 Å². The van der Waals surface area contributed by atoms with E-state index in [1.54, 1.807) is 9.80 Å². The van der Waals surface area contributed by atoms with Crippen molar-refractivity contribution in [3.05, 3.63) is 0 Å². The monoisotopic (exact) mass is 310 g/mol. The Balaban J connectivity index is 1.93. The molecule has 2 aliphatic rings. The molecule has 2 fully saturated rings. The van der Waals surface area contributed by atoms with Crippen LogP contribution in [-0.2, 0) is 14.4 Å². The molecule has 6 nitrogen and oxygen atoms in total. The highest BCUT2D eigenvalue weighted by atomic mass is 16.4. The average Bonchev–Trinajstić information content (AvgIpc) is 2.54. The number of carbonyl (C=O) groups excluding carboxylic acids is 2. The molecule has 2 aliphatic heterocycles. The Labute approximate surface area is 131 Å². The summed E-state index contributed by atoms with van der Waals surface area (Å²) in [6, 6.07) is 0. The molecule has 0 radical (unpaired) electrons. The summed E-state index contributed by atoms with van der Waals surface area (Å²) in [6.07, 6.45) is 4.38. The summed E-state index contributed by atoms with van der Waals surface area (Å²) >= 11 is 0. The zero-order valence-corrected chi connectivity index (χ0v) is 13.3. The van der Waals surface area contributed by atoms with Crippen LogP contribution in [0.5, 0.6) is 0 Å². The SMILES string of the molecule is CCCC(=O)N1CCCC(C(=O)N2CCC[C@H](C(=O)O)C2)C1. The van der Waals surface area contributed by atoms with Crippen LogP contribution >= 0.6 is 0 Å². The first-order valence-electron chi connectivity index (χ1n) is 8.32. The zero-order chi connectivity index (χ0) is 16.1. The first-order valence-corrected chi connectivity index (χ1v) is 8.32. The van der Waals surface area contributed by atoms with E-state index >= 15 is 0 Å². The van der Waals surface area contributed by atoms with E-state index in [2.05, 4.69) is 0 Å². The fourth-order valence-electron chi connectivity index (χ4n) is 3.41. The van der Waals surface area contributed by atoms with Gasteiger partial charge in [0.05, 0.1) is 11.8 Å². The Kier molecular flexibility index (Phi) is 5.80. The molecule has 6 heteroatoms. The third kappa shape index (κ3) is 3.99. The molecule has 22 heavy (non-hydrogen) atoms. The number of likely N-dealkylation sites (tertiary alicyclic amines) is 2. The molecule has 1 N–H and O–H groups in total. The second kappa shape index (κ2) is 7.61. The Bertz CT molecular complexity index is 438. The van der Waals surface area contributed by atoms with E-state index < -0.39 is 11.9 Å². The molecular formula is C16H26N2O4. The van der Waals surface area contributed by atoms with Crippen molar-refractivity contribution in [2.45, 2.75) is 45.4 Å². The van der Waals surface area contributed by atoms with Crippen molar-refractivity contribution in [2.24, 2.45) is 11.8 Å². The summed E-state index contributed by atoms with van der Waals surface area (Å²) in [4.78, 5) is 39.3. The molecular weight excluding hydrogens is 284 g/mol. The Hall–Kier alpha value is -1.59. The molecule has 1 unspecified atom stereocenters. The van der Waals surface area contributed by atoms with Crippen LogP contribution in [0.25, 0.3) is 0 Å². The van der Waals surface area contributed by atoms with Gasteiger partial charge in [-0.15, -0.1) is 0 Å². The second-order valence-electron chi connectivity index (χ2n) is 6.39. The molecule has 2 rings (SSSR count). The lowest BCUT2D eigenvalue weighted by molar-refractivity contribution is -0.147. The van der Waals surface area contributed by atoms with Gasteiger partial charge in [0.1, 0.15) is 0 Å². The number of carboxylic acid groups (broad SMARTS) is 1. The normalized spacial score (nSPS) is 25.9. The van der Waals surface area contributed by atoms with E-state index in [0.29, 0.717) is 32.5 Å². The minimum Gasteiger partial charge on any atom is -0.481 e. The van der Waals surface area contributed by atoms with Crippen LogP contribution in [0, 0.1) is 11.8 Å². The first-order chi connectivity index (χ1) is 10.5. The minimum atomic E-state index is -0.819. The van der Waals surface area contributed by atoms with Crippen LogP contribution in [-0.4, -0.2) is 58.9 Å². The maximum atomic E-state index is 12.6. The number of rotatable bonds is 4. The quantitative estimate of drug-likeness (QED) is 0.850. The lowest BCUT2D eigenvalue weighted by atomic mass is 9.93. The van der Waals surface area contributed by atoms with Gasteiger partial charge in [0.25, 0.3) is 0 Å². The van der Waals surface area contributed by atoms with Crippen LogP contribution in [0.1, 0.15) is 45.4 Å². The summed E-state index contributed by atoms with van der Waals surface area (Å²) in [7, 11) is 0. The average molecular weight is 310 g/mol. The van der Waals surface area contributed by atoms with Gasteiger partial charge in [-0.3, -0.25) is 14.4 Å². The molecule has 0 aliphatic carbocycles. The summed E-state index contributed by atoms with van der Waals surface area (Å²) in [5.74, 6) is -1.27. The third-order valence-electron chi connectivity index (χ3n) is 4.67. The van der Waals surface area contributed by atoms with Crippen molar-refractivity contribution in [3.8, 4) is 0 Å². The lowest BCUT2D eigenvalue weighted by Crippen LogP contribution is -2.49. The van der Waals surface area contributed by atoms with E-state index in [1.807, 2.05) is 6.92 Å². The van der Waals surface area contributed by atoms with E-state index in [-0.39, 0.29) is 17.7 Å². The topological polar surface area (TPSA) is 77.9 Å². The van der Waals surface area contributed by atoms with Gasteiger partial charge in [-0.2, -0.15) is 0 Å². The van der Waals surface area contributed by atoms with E-state index in [4.69, 9.17) is 5.11 Å². The molecule has 0 saturated carbocycles. The van der Waals surface area contributed by atoms with Gasteiger partial charge in [0.2, 0.25) is 11.8 Å². The molecule has 0 bridgehead atoms. The predicted octanol–water partition coefficient (Wildman–Crippen LogP) is 1.35. The number of aliphatic carboxylic acids is 1. The fraction of sp³-hybridized carbons (Fsp3) is 0.812. The molecule has 2 heterocycles. The van der Waals surface area contributed by atoms with Crippen LogP contribution in [0.2, 0.25) is 0 Å². The minimum absolute atomic E-state index is 0.0277. The van der Waals surface area contributed by atoms with Gasteiger partial charge in [-0.1, -0.05) is 6.92 Å². The second-order valence-corrected chi connectivity index (χ2v) is 6.39. The van der Waals surface area contributed by atoms with Crippen LogP contribution < -0.4 is 0 Å². The molecule has 0 aromatic heterocycles. The number of hydrogen-bond acceptors (Lipinski definition) is 3. The summed E-state index contributed by atoms with van der Waals surface area (Å²) in [5, 5.41) is 9.13. The smallest absolute Gasteiger partial charge is 0.308 e. The molecule has 2 atom stereocenters. The first kappa shape index (κ1) is 16.8. The van der Waals surface area contributed by atoms with E-state index in [0.717, 1.165) is 32.2 Å². The fourth-order valence-corrected chi connectivity index (χ4v) is 3.41. The Morgan fingerprint density at radius 1 is 1.00 bits per heavy atom. The van der Waals surface area contributed by atoms with Crippen LogP contribution in [0.4, 0.5) is 0 Å². The largest absolute Gasteiger partial charge is 0.481 e. The highest BCUT2D eigenvalue weighted by Gasteiger charge is 2.34. The number of amides is 2. The number of carboxylic acids is 1. The van der Waals surface area contributed by atoms with Gasteiger partial charge in [0, 0.05) is 32.6 Å². The Morgan fingerprint density at radius 3 is 2.23 bits per heavy atom. The predicted molar refractivity (Wildman–Crippen MR) is 81.2 cm³/mol. The molecule has 2 amide bonds. The number of piperidine rings is 2. The van der Waals surface area contributed by atoms with Crippen molar-refractivity contribution in [2.75, 3.05) is 26.2 Å². The number of carbonyl (C=O) groups is 3. The Morgan fingerprint density at radius 2 is 1.59 bits per heavy atom. The zero-order valence-electron chi connectivity index (χ0n) is 13.3. The van der Waals surface area contributed by atoms with Crippen molar-refractivity contribution < 1.29 is 19.5 Å². The molecule has 124 valence electrons. The third-order valence-corrected chi connectivity index (χ3v) is 4.67. The standard InChI is InChI=1S/C16H26N2O4/c1-2-5-14(19)17-8-3-6-12(10-17)15(20)18-9-4-7-13(11-18)16(21)22/h12-13H,2-11H2,1H3,(H,21,22)/t12?,13-/m0/s1. The summed E-state index contributed by atoms with van der Waals surface area (Å²) < 4.78 is 0. The van der Waals surface area contributed by atoms with Crippen molar-refractivity contribution in [3.63, 3.8) is 0 Å². The van der Waals surface area contributed by atoms with E-state index in [9.17, 15) is 14.4 Å². The maximum absolute atomic E-state index is 12.6. The highest BCUT2D eigenvalue weighted by molar-refractivity contribution is 5.82. The molecule has 0 aromatic rings. The van der Waals surface area contributed by atoms with Gasteiger partial charge in [-0.05, 0) is 32.1 Å². The van der Waals surface area contributed by atoms with Crippen molar-refractivity contribution >= 4 is 17.8 Å². The van der Waals surface area contributed by atoms with Gasteiger partial charge >= 0.3 is 5.97 Å². The maximum Gasteiger partial charge on any atom is 0.308 e. The van der Waals surface area contributed by atoms with E-state index in [1.165, 1.54) is 0 Å². The lowest BCUT2D eigenvalue weighted by Gasteiger charge is -2.37. The molecule has 0 spiro atoms. The number of hydrogen-bond donors (Lipinski definition) is 1. The van der Waals surface area contributed by atoms with Crippen LogP contribution in [0.3, 0.4) is 0 Å². The summed E-state index contributed by atoms with van der Waals surface area (Å²) in [6.45, 7) is 4.16. The van der Waals surface area contributed by atoms with Crippen molar-refractivity contribution in [1.82, 2.24) is 9.80 Å². The van der Waals surface area contributed by atoms with Gasteiger partial charge < -0.3 is 14.9 Å². The van der Waals surface area contributed by atoms with Crippen LogP contribution in [0.15, 0.2) is 0 Å².